The lowest BCUT2D eigenvalue weighted by Gasteiger charge is -2.08. The maximum atomic E-state index is 10.7. The third-order valence-electron chi connectivity index (χ3n) is 2.58. The molecule has 2 aromatic carbocycles. The molecule has 0 aliphatic heterocycles. The first kappa shape index (κ1) is 12.7. The molecule has 0 amide bonds. The molecular weight excluding hydrogens is 242 g/mol. The lowest BCUT2D eigenvalue weighted by Crippen LogP contribution is -1.95. The van der Waals surface area contributed by atoms with E-state index in [1.165, 1.54) is 12.1 Å². The van der Waals surface area contributed by atoms with Gasteiger partial charge < -0.3 is 9.84 Å². The molecule has 2 aromatic rings. The van der Waals surface area contributed by atoms with Crippen LogP contribution in [-0.2, 0) is 0 Å². The molecule has 0 unspecified atom stereocenters. The minimum atomic E-state index is -0.986. The first-order chi connectivity index (χ1) is 9.10. The van der Waals surface area contributed by atoms with Gasteiger partial charge in [0, 0.05) is 0 Å². The molecule has 4 heteroatoms. The van der Waals surface area contributed by atoms with E-state index in [9.17, 15) is 4.79 Å². The van der Waals surface area contributed by atoms with E-state index >= 15 is 0 Å². The van der Waals surface area contributed by atoms with Crippen LogP contribution in [0.4, 0.5) is 0 Å². The Kier molecular flexibility index (Phi) is 3.48. The van der Waals surface area contributed by atoms with Gasteiger partial charge in [-0.05, 0) is 48.9 Å². The van der Waals surface area contributed by atoms with Crippen molar-refractivity contribution in [1.82, 2.24) is 0 Å². The normalized spacial score (nSPS) is 9.68. The molecule has 0 heterocycles. The minimum Gasteiger partial charge on any atom is -0.478 e. The molecule has 0 bridgehead atoms. The van der Waals surface area contributed by atoms with Crippen molar-refractivity contribution in [3.05, 3.63) is 59.2 Å². The number of rotatable bonds is 3. The Balaban J connectivity index is 2.26. The predicted octanol–water partition coefficient (Wildman–Crippen LogP) is 3.36. The zero-order chi connectivity index (χ0) is 13.8. The standard InChI is InChI=1S/C15H11NO3/c1-10-2-7-14(12(8-10)9-16)19-13-5-3-11(4-6-13)15(17)18/h2-8H,1H3,(H,17,18). The molecular formula is C15H11NO3. The first-order valence-electron chi connectivity index (χ1n) is 5.62. The van der Waals surface area contributed by atoms with Gasteiger partial charge in [-0.2, -0.15) is 5.26 Å². The van der Waals surface area contributed by atoms with Gasteiger partial charge in [0.25, 0.3) is 0 Å². The van der Waals surface area contributed by atoms with Crippen molar-refractivity contribution < 1.29 is 14.6 Å². The monoisotopic (exact) mass is 253 g/mol. The van der Waals surface area contributed by atoms with Gasteiger partial charge in [-0.3, -0.25) is 0 Å². The van der Waals surface area contributed by atoms with Crippen molar-refractivity contribution in [3.8, 4) is 17.6 Å². The Morgan fingerprint density at radius 2 is 1.89 bits per heavy atom. The summed E-state index contributed by atoms with van der Waals surface area (Å²) in [5, 5.41) is 17.8. The highest BCUT2D eigenvalue weighted by atomic mass is 16.5. The fourth-order valence-corrected chi connectivity index (χ4v) is 1.61. The van der Waals surface area contributed by atoms with Crippen molar-refractivity contribution in [2.24, 2.45) is 0 Å². The number of benzene rings is 2. The summed E-state index contributed by atoms with van der Waals surface area (Å²) in [5.41, 5.74) is 1.61. The number of nitriles is 1. The van der Waals surface area contributed by atoms with Gasteiger partial charge in [-0.25, -0.2) is 4.79 Å². The first-order valence-corrected chi connectivity index (χ1v) is 5.62. The van der Waals surface area contributed by atoms with E-state index in [1.54, 1.807) is 24.3 Å². The molecule has 4 nitrogen and oxygen atoms in total. The van der Waals surface area contributed by atoms with E-state index in [0.29, 0.717) is 17.1 Å². The van der Waals surface area contributed by atoms with E-state index < -0.39 is 5.97 Å². The maximum Gasteiger partial charge on any atom is 0.335 e. The molecule has 0 radical (unpaired) electrons. The Labute approximate surface area is 110 Å². The van der Waals surface area contributed by atoms with Crippen LogP contribution < -0.4 is 4.74 Å². The van der Waals surface area contributed by atoms with Crippen LogP contribution in [0.15, 0.2) is 42.5 Å². The molecule has 0 aromatic heterocycles. The molecule has 0 aliphatic carbocycles. The van der Waals surface area contributed by atoms with Crippen molar-refractivity contribution in [3.63, 3.8) is 0 Å². The van der Waals surface area contributed by atoms with E-state index in [-0.39, 0.29) is 5.56 Å². The summed E-state index contributed by atoms with van der Waals surface area (Å²) in [7, 11) is 0. The van der Waals surface area contributed by atoms with Crippen LogP contribution in [0.3, 0.4) is 0 Å². The largest absolute Gasteiger partial charge is 0.478 e. The quantitative estimate of drug-likeness (QED) is 0.910. The maximum absolute atomic E-state index is 10.7. The highest BCUT2D eigenvalue weighted by Crippen LogP contribution is 2.26. The second-order valence-corrected chi connectivity index (χ2v) is 4.04. The van der Waals surface area contributed by atoms with Crippen LogP contribution in [-0.4, -0.2) is 11.1 Å². The van der Waals surface area contributed by atoms with Crippen LogP contribution in [0.25, 0.3) is 0 Å². The predicted molar refractivity (Wildman–Crippen MR) is 69.4 cm³/mol. The third-order valence-corrected chi connectivity index (χ3v) is 2.58. The molecule has 0 fully saturated rings. The van der Waals surface area contributed by atoms with Crippen molar-refractivity contribution in [1.29, 1.82) is 5.26 Å². The lowest BCUT2D eigenvalue weighted by atomic mass is 10.1. The zero-order valence-electron chi connectivity index (χ0n) is 10.3. The van der Waals surface area contributed by atoms with E-state index in [2.05, 4.69) is 6.07 Å². The van der Waals surface area contributed by atoms with E-state index in [4.69, 9.17) is 15.1 Å². The number of nitrogens with zero attached hydrogens (tertiary/aromatic N) is 1. The second-order valence-electron chi connectivity index (χ2n) is 4.04. The molecule has 0 saturated heterocycles. The molecule has 0 atom stereocenters. The average molecular weight is 253 g/mol. The zero-order valence-corrected chi connectivity index (χ0v) is 10.3. The number of aromatic carboxylic acids is 1. The molecule has 0 aliphatic rings. The van der Waals surface area contributed by atoms with Gasteiger partial charge >= 0.3 is 5.97 Å². The fourth-order valence-electron chi connectivity index (χ4n) is 1.61. The van der Waals surface area contributed by atoms with E-state index in [1.807, 2.05) is 13.0 Å². The minimum absolute atomic E-state index is 0.191. The van der Waals surface area contributed by atoms with Crippen LogP contribution in [0.2, 0.25) is 0 Å². The number of hydrogen-bond donors (Lipinski definition) is 1. The van der Waals surface area contributed by atoms with Crippen LogP contribution in [0, 0.1) is 18.3 Å². The number of ether oxygens (including phenoxy) is 1. The summed E-state index contributed by atoms with van der Waals surface area (Å²) in [6.45, 7) is 1.90. The fraction of sp³-hybridized carbons (Fsp3) is 0.0667. The summed E-state index contributed by atoms with van der Waals surface area (Å²) in [4.78, 5) is 10.7. The number of carbonyl (C=O) groups is 1. The summed E-state index contributed by atoms with van der Waals surface area (Å²) in [6.07, 6.45) is 0. The Morgan fingerprint density at radius 3 is 2.47 bits per heavy atom. The van der Waals surface area contributed by atoms with Gasteiger partial charge in [0.1, 0.15) is 17.6 Å². The average Bonchev–Trinajstić information content (AvgIpc) is 2.41. The summed E-state index contributed by atoms with van der Waals surface area (Å²) in [6, 6.07) is 13.4. The van der Waals surface area contributed by atoms with Gasteiger partial charge in [0.15, 0.2) is 0 Å². The van der Waals surface area contributed by atoms with Crippen LogP contribution in [0.1, 0.15) is 21.5 Å². The Hall–Kier alpha value is -2.80. The number of carboxylic acids is 1. The molecule has 94 valence electrons. The van der Waals surface area contributed by atoms with Gasteiger partial charge in [0.05, 0.1) is 11.1 Å². The Morgan fingerprint density at radius 1 is 1.21 bits per heavy atom. The van der Waals surface area contributed by atoms with Crippen molar-refractivity contribution in [2.75, 3.05) is 0 Å². The highest BCUT2D eigenvalue weighted by molar-refractivity contribution is 5.87. The van der Waals surface area contributed by atoms with Gasteiger partial charge in [-0.1, -0.05) is 6.07 Å². The van der Waals surface area contributed by atoms with Crippen molar-refractivity contribution in [2.45, 2.75) is 6.92 Å². The number of carboxylic acid groups (broad SMARTS) is 1. The summed E-state index contributed by atoms with van der Waals surface area (Å²) < 4.78 is 5.57. The lowest BCUT2D eigenvalue weighted by molar-refractivity contribution is 0.0697. The molecule has 19 heavy (non-hydrogen) atoms. The van der Waals surface area contributed by atoms with Crippen LogP contribution in [0.5, 0.6) is 11.5 Å². The SMILES string of the molecule is Cc1ccc(Oc2ccc(C(=O)O)cc2)c(C#N)c1. The van der Waals surface area contributed by atoms with Gasteiger partial charge in [-0.15, -0.1) is 0 Å². The number of aryl methyl sites for hydroxylation is 1. The second kappa shape index (κ2) is 5.23. The van der Waals surface area contributed by atoms with Crippen LogP contribution >= 0.6 is 0 Å². The number of hydrogen-bond acceptors (Lipinski definition) is 3. The molecule has 0 spiro atoms. The summed E-state index contributed by atoms with van der Waals surface area (Å²) in [5.74, 6) is -0.0406. The van der Waals surface area contributed by atoms with Crippen molar-refractivity contribution >= 4 is 5.97 Å². The molecule has 0 saturated carbocycles. The third kappa shape index (κ3) is 2.90. The highest BCUT2D eigenvalue weighted by Gasteiger charge is 2.06. The Bertz CT molecular complexity index is 654. The van der Waals surface area contributed by atoms with Gasteiger partial charge in [0.2, 0.25) is 0 Å². The molecule has 1 N–H and O–H groups in total. The smallest absolute Gasteiger partial charge is 0.335 e. The summed E-state index contributed by atoms with van der Waals surface area (Å²) >= 11 is 0. The topological polar surface area (TPSA) is 70.3 Å². The molecule has 2 rings (SSSR count). The van der Waals surface area contributed by atoms with E-state index in [0.717, 1.165) is 5.56 Å².